The molecule has 0 saturated heterocycles. The lowest BCUT2D eigenvalue weighted by molar-refractivity contribution is 0.431. The highest BCUT2D eigenvalue weighted by Gasteiger charge is 2.12. The molecule has 1 unspecified atom stereocenters. The number of hydrogen-bond acceptors (Lipinski definition) is 3. The van der Waals surface area contributed by atoms with E-state index in [1.165, 1.54) is 44.9 Å². The second kappa shape index (κ2) is 10.8. The minimum atomic E-state index is 0.520. The molecule has 122 valence electrons. The van der Waals surface area contributed by atoms with E-state index < -0.39 is 0 Å². The van der Waals surface area contributed by atoms with Gasteiger partial charge in [-0.1, -0.05) is 59.3 Å². The molecule has 1 aromatic heterocycles. The fraction of sp³-hybridized carbons (Fsp3) is 0.882. The van der Waals surface area contributed by atoms with Crippen molar-refractivity contribution in [3.05, 3.63) is 12.2 Å². The van der Waals surface area contributed by atoms with E-state index in [1.54, 1.807) is 6.33 Å². The predicted molar refractivity (Wildman–Crippen MR) is 89.4 cm³/mol. The zero-order valence-electron chi connectivity index (χ0n) is 14.4. The summed E-state index contributed by atoms with van der Waals surface area (Å²) in [6, 6.07) is 0.520. The van der Waals surface area contributed by atoms with Crippen LogP contribution in [0.25, 0.3) is 0 Å². The highest BCUT2D eigenvalue weighted by Crippen LogP contribution is 2.11. The van der Waals surface area contributed by atoms with E-state index in [9.17, 15) is 0 Å². The van der Waals surface area contributed by atoms with Crippen LogP contribution < -0.4 is 5.32 Å². The molecule has 4 heteroatoms. The lowest BCUT2D eigenvalue weighted by Gasteiger charge is -2.16. The molecule has 0 aliphatic rings. The van der Waals surface area contributed by atoms with E-state index >= 15 is 0 Å². The van der Waals surface area contributed by atoms with Gasteiger partial charge < -0.3 is 5.32 Å². The summed E-state index contributed by atoms with van der Waals surface area (Å²) in [6.45, 7) is 7.67. The summed E-state index contributed by atoms with van der Waals surface area (Å²) >= 11 is 0. The highest BCUT2D eigenvalue weighted by molar-refractivity contribution is 4.89. The Morgan fingerprint density at radius 3 is 2.52 bits per heavy atom. The van der Waals surface area contributed by atoms with Crippen molar-refractivity contribution in [3.63, 3.8) is 0 Å². The Morgan fingerprint density at radius 1 is 1.14 bits per heavy atom. The highest BCUT2D eigenvalue weighted by atomic mass is 15.3. The Morgan fingerprint density at radius 2 is 1.86 bits per heavy atom. The molecule has 1 heterocycles. The second-order valence-electron chi connectivity index (χ2n) is 6.50. The molecule has 0 bridgehead atoms. The van der Waals surface area contributed by atoms with Crippen LogP contribution in [0.5, 0.6) is 0 Å². The number of hydrogen-bond donors (Lipinski definition) is 1. The average molecular weight is 294 g/mol. The van der Waals surface area contributed by atoms with Gasteiger partial charge in [-0.05, 0) is 19.4 Å². The SMILES string of the molecule is CCCCCCCCC(Cc1ncnn1CC(C)C)NC. The Labute approximate surface area is 130 Å². The molecule has 0 aliphatic carbocycles. The maximum Gasteiger partial charge on any atom is 0.138 e. The number of unbranched alkanes of at least 4 members (excludes halogenated alkanes) is 5. The van der Waals surface area contributed by atoms with E-state index in [4.69, 9.17) is 0 Å². The molecular weight excluding hydrogens is 260 g/mol. The van der Waals surface area contributed by atoms with Crippen molar-refractivity contribution in [3.8, 4) is 0 Å². The van der Waals surface area contributed by atoms with Crippen molar-refractivity contribution in [1.29, 1.82) is 0 Å². The van der Waals surface area contributed by atoms with Gasteiger partial charge in [-0.15, -0.1) is 0 Å². The van der Waals surface area contributed by atoms with Crippen LogP contribution in [-0.4, -0.2) is 27.9 Å². The summed E-state index contributed by atoms with van der Waals surface area (Å²) in [7, 11) is 2.06. The molecule has 21 heavy (non-hydrogen) atoms. The predicted octanol–water partition coefficient (Wildman–Crippen LogP) is 3.82. The Bertz CT molecular complexity index is 359. The van der Waals surface area contributed by atoms with Gasteiger partial charge in [0, 0.05) is 19.0 Å². The second-order valence-corrected chi connectivity index (χ2v) is 6.50. The van der Waals surface area contributed by atoms with Gasteiger partial charge in [0.1, 0.15) is 12.2 Å². The minimum Gasteiger partial charge on any atom is -0.317 e. The summed E-state index contributed by atoms with van der Waals surface area (Å²) in [5.41, 5.74) is 0. The minimum absolute atomic E-state index is 0.520. The molecule has 1 N–H and O–H groups in total. The third kappa shape index (κ3) is 7.60. The summed E-state index contributed by atoms with van der Waals surface area (Å²) in [4.78, 5) is 4.44. The molecule has 1 atom stereocenters. The van der Waals surface area contributed by atoms with Crippen LogP contribution in [0.2, 0.25) is 0 Å². The maximum atomic E-state index is 4.44. The molecule has 0 spiro atoms. The van der Waals surface area contributed by atoms with Gasteiger partial charge in [0.15, 0.2) is 0 Å². The monoisotopic (exact) mass is 294 g/mol. The molecule has 0 aromatic carbocycles. The molecular formula is C17H34N4. The first-order chi connectivity index (χ1) is 10.2. The fourth-order valence-corrected chi connectivity index (χ4v) is 2.68. The average Bonchev–Trinajstić information content (AvgIpc) is 2.87. The van der Waals surface area contributed by atoms with Crippen molar-refractivity contribution in [2.24, 2.45) is 5.92 Å². The summed E-state index contributed by atoms with van der Waals surface area (Å²) in [6.07, 6.45) is 12.1. The number of likely N-dealkylation sites (N-methyl/N-ethyl adjacent to an activating group) is 1. The van der Waals surface area contributed by atoms with Gasteiger partial charge in [-0.25, -0.2) is 9.67 Å². The first-order valence-electron chi connectivity index (χ1n) is 8.71. The summed E-state index contributed by atoms with van der Waals surface area (Å²) in [5, 5.41) is 7.79. The molecule has 0 amide bonds. The summed E-state index contributed by atoms with van der Waals surface area (Å²) in [5.74, 6) is 1.73. The van der Waals surface area contributed by atoms with Gasteiger partial charge in [0.2, 0.25) is 0 Å². The molecule has 0 saturated carbocycles. The molecule has 0 fully saturated rings. The van der Waals surface area contributed by atoms with Crippen LogP contribution in [0.3, 0.4) is 0 Å². The topological polar surface area (TPSA) is 42.7 Å². The van der Waals surface area contributed by atoms with E-state index in [2.05, 4.69) is 47.9 Å². The van der Waals surface area contributed by atoms with Crippen LogP contribution in [-0.2, 0) is 13.0 Å². The lowest BCUT2D eigenvalue weighted by Crippen LogP contribution is -2.29. The number of nitrogens with one attached hydrogen (secondary N) is 1. The van der Waals surface area contributed by atoms with Gasteiger partial charge in [-0.3, -0.25) is 0 Å². The maximum absolute atomic E-state index is 4.44. The zero-order valence-corrected chi connectivity index (χ0v) is 14.4. The van der Waals surface area contributed by atoms with Crippen molar-refractivity contribution < 1.29 is 0 Å². The van der Waals surface area contributed by atoms with E-state index in [0.717, 1.165) is 18.8 Å². The Hall–Kier alpha value is -0.900. The third-order valence-electron chi connectivity index (χ3n) is 3.98. The Balaban J connectivity index is 2.31. The van der Waals surface area contributed by atoms with Gasteiger partial charge in [-0.2, -0.15) is 5.10 Å². The molecule has 0 aliphatic heterocycles. The zero-order chi connectivity index (χ0) is 15.5. The quantitative estimate of drug-likeness (QED) is 0.596. The van der Waals surface area contributed by atoms with Crippen LogP contribution in [0, 0.1) is 5.92 Å². The fourth-order valence-electron chi connectivity index (χ4n) is 2.68. The van der Waals surface area contributed by atoms with Crippen molar-refractivity contribution in [2.45, 2.75) is 84.7 Å². The first kappa shape index (κ1) is 18.1. The van der Waals surface area contributed by atoms with E-state index in [1.807, 2.05) is 0 Å². The van der Waals surface area contributed by atoms with Crippen molar-refractivity contribution in [1.82, 2.24) is 20.1 Å². The standard InChI is InChI=1S/C17H34N4/c1-5-6-7-8-9-10-11-16(18-4)12-17-19-14-20-21(17)13-15(2)3/h14-16,18H,5-13H2,1-4H3. The lowest BCUT2D eigenvalue weighted by atomic mass is 10.0. The normalized spacial score (nSPS) is 13.0. The van der Waals surface area contributed by atoms with Gasteiger partial charge >= 0.3 is 0 Å². The van der Waals surface area contributed by atoms with Crippen LogP contribution in [0.15, 0.2) is 6.33 Å². The van der Waals surface area contributed by atoms with Crippen molar-refractivity contribution >= 4 is 0 Å². The van der Waals surface area contributed by atoms with Crippen LogP contribution in [0.4, 0.5) is 0 Å². The van der Waals surface area contributed by atoms with Gasteiger partial charge in [0.25, 0.3) is 0 Å². The van der Waals surface area contributed by atoms with Crippen molar-refractivity contribution in [2.75, 3.05) is 7.05 Å². The molecule has 1 rings (SSSR count). The smallest absolute Gasteiger partial charge is 0.138 e. The molecule has 0 radical (unpaired) electrons. The third-order valence-corrected chi connectivity index (χ3v) is 3.98. The number of rotatable bonds is 12. The van der Waals surface area contributed by atoms with Crippen LogP contribution in [0.1, 0.15) is 71.5 Å². The van der Waals surface area contributed by atoms with E-state index in [-0.39, 0.29) is 0 Å². The molecule has 4 nitrogen and oxygen atoms in total. The Kier molecular flexibility index (Phi) is 9.31. The number of aromatic nitrogens is 3. The summed E-state index contributed by atoms with van der Waals surface area (Å²) < 4.78 is 2.07. The van der Waals surface area contributed by atoms with E-state index in [0.29, 0.717) is 12.0 Å². The van der Waals surface area contributed by atoms with Gasteiger partial charge in [0.05, 0.1) is 0 Å². The number of nitrogens with zero attached hydrogens (tertiary/aromatic N) is 3. The molecule has 1 aromatic rings. The van der Waals surface area contributed by atoms with Crippen LogP contribution >= 0.6 is 0 Å². The first-order valence-corrected chi connectivity index (χ1v) is 8.71. The largest absolute Gasteiger partial charge is 0.317 e.